The molecule has 1 N–H and O–H groups in total. The van der Waals surface area contributed by atoms with Crippen LogP contribution in [0.25, 0.3) is 10.2 Å². The predicted octanol–water partition coefficient (Wildman–Crippen LogP) is 3.50. The number of hydrogen-bond donors (Lipinski definition) is 1. The summed E-state index contributed by atoms with van der Waals surface area (Å²) in [5.74, 6) is -0.754. The van der Waals surface area contributed by atoms with E-state index in [2.05, 4.69) is 16.9 Å². The van der Waals surface area contributed by atoms with Crippen molar-refractivity contribution in [3.63, 3.8) is 0 Å². The van der Waals surface area contributed by atoms with Gasteiger partial charge in [0.15, 0.2) is 4.80 Å². The monoisotopic (exact) mass is 396 g/mol. The molecule has 0 aliphatic carbocycles. The lowest BCUT2D eigenvalue weighted by atomic mass is 10.2. The average Bonchev–Trinajstić information content (AvgIpc) is 2.98. The van der Waals surface area contributed by atoms with Crippen LogP contribution in [0.15, 0.2) is 60.1 Å². The fourth-order valence-electron chi connectivity index (χ4n) is 2.65. The van der Waals surface area contributed by atoms with E-state index in [1.165, 1.54) is 42.5 Å². The number of thiazole rings is 1. The lowest BCUT2D eigenvalue weighted by molar-refractivity contribution is -0.384. The third-order valence-electron chi connectivity index (χ3n) is 3.82. The number of nitrogens with zero attached hydrogens (tertiary/aromatic N) is 3. The van der Waals surface area contributed by atoms with Gasteiger partial charge in [0.1, 0.15) is 0 Å². The summed E-state index contributed by atoms with van der Waals surface area (Å²) in [7, 11) is 0. The van der Waals surface area contributed by atoms with Gasteiger partial charge < -0.3 is 9.88 Å². The Labute approximate surface area is 163 Å². The fourth-order valence-corrected chi connectivity index (χ4v) is 3.73. The van der Waals surface area contributed by atoms with Crippen LogP contribution in [0.2, 0.25) is 0 Å². The van der Waals surface area contributed by atoms with Crippen LogP contribution in [-0.2, 0) is 11.3 Å². The zero-order valence-corrected chi connectivity index (χ0v) is 15.7. The number of anilines is 1. The lowest BCUT2D eigenvalue weighted by Crippen LogP contribution is -2.16. The highest BCUT2D eigenvalue weighted by molar-refractivity contribution is 7.16. The van der Waals surface area contributed by atoms with Gasteiger partial charge >= 0.3 is 0 Å². The third-order valence-corrected chi connectivity index (χ3v) is 4.86. The van der Waals surface area contributed by atoms with Gasteiger partial charge in [-0.1, -0.05) is 23.5 Å². The molecule has 1 heterocycles. The van der Waals surface area contributed by atoms with E-state index in [-0.39, 0.29) is 17.2 Å². The molecule has 0 spiro atoms. The van der Waals surface area contributed by atoms with E-state index in [0.717, 1.165) is 10.2 Å². The molecule has 3 rings (SSSR count). The van der Waals surface area contributed by atoms with Crippen molar-refractivity contribution in [1.29, 1.82) is 0 Å². The molecule has 0 saturated carbocycles. The van der Waals surface area contributed by atoms with Gasteiger partial charge in [0.25, 0.3) is 11.6 Å². The van der Waals surface area contributed by atoms with Crippen molar-refractivity contribution < 1.29 is 14.5 Å². The smallest absolute Gasteiger partial charge is 0.279 e. The maximum atomic E-state index is 12.6. The molecule has 0 unspecified atom stereocenters. The molecule has 3 aromatic rings. The molecular formula is C19H16N4O4S. The number of rotatable bonds is 5. The van der Waals surface area contributed by atoms with Gasteiger partial charge in [-0.05, 0) is 24.3 Å². The summed E-state index contributed by atoms with van der Waals surface area (Å²) in [6.07, 6.45) is 1.69. The first kappa shape index (κ1) is 19.2. The number of non-ortho nitro benzene ring substituents is 1. The predicted molar refractivity (Wildman–Crippen MR) is 107 cm³/mol. The summed E-state index contributed by atoms with van der Waals surface area (Å²) in [6.45, 7) is 5.59. The maximum Gasteiger partial charge on any atom is 0.279 e. The van der Waals surface area contributed by atoms with E-state index >= 15 is 0 Å². The largest absolute Gasteiger partial charge is 0.326 e. The van der Waals surface area contributed by atoms with E-state index in [1.54, 1.807) is 18.2 Å². The molecule has 2 aromatic carbocycles. The molecule has 0 aliphatic rings. The molecule has 0 saturated heterocycles. The molecule has 8 nitrogen and oxygen atoms in total. The molecule has 9 heteroatoms. The summed E-state index contributed by atoms with van der Waals surface area (Å²) in [5.41, 5.74) is 1.44. The van der Waals surface area contributed by atoms with Gasteiger partial charge in [0.05, 0.1) is 15.1 Å². The molecule has 28 heavy (non-hydrogen) atoms. The standard InChI is InChI=1S/C19H16N4O4S/c1-3-9-22-16-8-7-14(20-12(2)24)11-17(16)28-19(22)21-18(25)13-5-4-6-15(10-13)23(26)27/h3-8,10-11H,1,9H2,2H3,(H,20,24). The normalized spacial score (nSPS) is 11.4. The Balaban J connectivity index is 2.09. The van der Waals surface area contributed by atoms with Gasteiger partial charge in [0, 0.05) is 36.9 Å². The van der Waals surface area contributed by atoms with E-state index in [4.69, 9.17) is 0 Å². The summed E-state index contributed by atoms with van der Waals surface area (Å²) in [6, 6.07) is 10.9. The summed E-state index contributed by atoms with van der Waals surface area (Å²) in [5, 5.41) is 13.6. The van der Waals surface area contributed by atoms with Gasteiger partial charge in [0.2, 0.25) is 5.91 Å². The first-order valence-electron chi connectivity index (χ1n) is 8.24. The zero-order chi connectivity index (χ0) is 20.3. The maximum absolute atomic E-state index is 12.6. The molecule has 0 radical (unpaired) electrons. The Morgan fingerprint density at radius 2 is 2.11 bits per heavy atom. The minimum Gasteiger partial charge on any atom is -0.326 e. The topological polar surface area (TPSA) is 107 Å². The first-order valence-corrected chi connectivity index (χ1v) is 9.06. The lowest BCUT2D eigenvalue weighted by Gasteiger charge is -2.03. The Morgan fingerprint density at radius 3 is 2.79 bits per heavy atom. The van der Waals surface area contributed by atoms with Crippen LogP contribution < -0.4 is 10.1 Å². The van der Waals surface area contributed by atoms with E-state index < -0.39 is 10.8 Å². The second-order valence-electron chi connectivity index (χ2n) is 5.87. The molecule has 142 valence electrons. The van der Waals surface area contributed by atoms with Gasteiger partial charge in [-0.25, -0.2) is 0 Å². The SMILES string of the molecule is C=CCn1c(=NC(=O)c2cccc([N+](=O)[O-])c2)sc2cc(NC(C)=O)ccc21. The highest BCUT2D eigenvalue weighted by Crippen LogP contribution is 2.22. The van der Waals surface area contributed by atoms with Crippen LogP contribution >= 0.6 is 11.3 Å². The van der Waals surface area contributed by atoms with Gasteiger partial charge in [-0.3, -0.25) is 19.7 Å². The van der Waals surface area contributed by atoms with Crippen LogP contribution in [0.3, 0.4) is 0 Å². The number of carbonyl (C=O) groups excluding carboxylic acids is 2. The second-order valence-corrected chi connectivity index (χ2v) is 6.88. The Hall–Kier alpha value is -3.59. The van der Waals surface area contributed by atoms with Crippen molar-refractivity contribution in [2.45, 2.75) is 13.5 Å². The molecule has 2 amide bonds. The highest BCUT2D eigenvalue weighted by atomic mass is 32.1. The van der Waals surface area contributed by atoms with Crippen molar-refractivity contribution in [3.05, 3.63) is 75.6 Å². The molecule has 0 bridgehead atoms. The second kappa shape index (κ2) is 7.97. The Bertz CT molecular complexity index is 1180. The van der Waals surface area contributed by atoms with Crippen molar-refractivity contribution >= 4 is 44.7 Å². The van der Waals surface area contributed by atoms with E-state index in [0.29, 0.717) is 17.0 Å². The number of fused-ring (bicyclic) bond motifs is 1. The molecule has 0 aliphatic heterocycles. The minimum absolute atomic E-state index is 0.135. The number of benzene rings is 2. The average molecular weight is 396 g/mol. The van der Waals surface area contributed by atoms with Crippen molar-refractivity contribution in [3.8, 4) is 0 Å². The Morgan fingerprint density at radius 1 is 1.32 bits per heavy atom. The quantitative estimate of drug-likeness (QED) is 0.405. The number of nitro benzene ring substituents is 1. The number of allylic oxidation sites excluding steroid dienone is 1. The number of nitrogens with one attached hydrogen (secondary N) is 1. The Kier molecular flexibility index (Phi) is 5.46. The van der Waals surface area contributed by atoms with Crippen LogP contribution in [0.1, 0.15) is 17.3 Å². The number of nitro groups is 1. The summed E-state index contributed by atoms with van der Waals surface area (Å²) < 4.78 is 2.65. The van der Waals surface area contributed by atoms with Crippen LogP contribution in [0, 0.1) is 10.1 Å². The van der Waals surface area contributed by atoms with Gasteiger partial charge in [-0.2, -0.15) is 4.99 Å². The summed E-state index contributed by atoms with van der Waals surface area (Å²) in [4.78, 5) is 38.8. The minimum atomic E-state index is -0.574. The van der Waals surface area contributed by atoms with Crippen molar-refractivity contribution in [1.82, 2.24) is 4.57 Å². The molecule has 1 aromatic heterocycles. The molecular weight excluding hydrogens is 380 g/mol. The third kappa shape index (κ3) is 4.04. The number of aromatic nitrogens is 1. The fraction of sp³-hybridized carbons (Fsp3) is 0.105. The highest BCUT2D eigenvalue weighted by Gasteiger charge is 2.13. The summed E-state index contributed by atoms with van der Waals surface area (Å²) >= 11 is 1.28. The van der Waals surface area contributed by atoms with Crippen LogP contribution in [0.5, 0.6) is 0 Å². The number of amides is 2. The van der Waals surface area contributed by atoms with E-state index in [1.807, 2.05) is 10.6 Å². The number of hydrogen-bond acceptors (Lipinski definition) is 5. The van der Waals surface area contributed by atoms with Gasteiger partial charge in [-0.15, -0.1) is 6.58 Å². The van der Waals surface area contributed by atoms with Crippen LogP contribution in [-0.4, -0.2) is 21.3 Å². The van der Waals surface area contributed by atoms with Crippen molar-refractivity contribution in [2.24, 2.45) is 4.99 Å². The van der Waals surface area contributed by atoms with Crippen molar-refractivity contribution in [2.75, 3.05) is 5.32 Å². The molecule has 0 atom stereocenters. The van der Waals surface area contributed by atoms with E-state index in [9.17, 15) is 19.7 Å². The zero-order valence-electron chi connectivity index (χ0n) is 14.9. The first-order chi connectivity index (χ1) is 13.4. The van der Waals surface area contributed by atoms with Crippen LogP contribution in [0.4, 0.5) is 11.4 Å². The molecule has 0 fully saturated rings. The number of carbonyl (C=O) groups is 2.